The Morgan fingerprint density at radius 2 is 2.19 bits per heavy atom. The van der Waals surface area contributed by atoms with Crippen LogP contribution in [0.25, 0.3) is 0 Å². The number of amides is 1. The first-order valence-electron chi connectivity index (χ1n) is 8.55. The van der Waals surface area contributed by atoms with Gasteiger partial charge >= 0.3 is 0 Å². The highest BCUT2D eigenvalue weighted by molar-refractivity contribution is 14.1. The van der Waals surface area contributed by atoms with Crippen molar-refractivity contribution >= 4 is 28.5 Å². The molecule has 1 amide bonds. The zero-order chi connectivity index (χ0) is 18.5. The normalized spacial score (nSPS) is 16.5. The SMILES string of the molecule is COc1cccc(CN(CC2CCCO2)C(=O)c2cc(F)ccc2I)c1. The van der Waals surface area contributed by atoms with Crippen LogP contribution in [0.5, 0.6) is 5.75 Å². The molecule has 1 atom stereocenters. The van der Waals surface area contributed by atoms with Gasteiger partial charge < -0.3 is 14.4 Å². The second-order valence-corrected chi connectivity index (χ2v) is 7.46. The van der Waals surface area contributed by atoms with Crippen molar-refractivity contribution in [2.24, 2.45) is 0 Å². The number of nitrogens with zero attached hydrogens (tertiary/aromatic N) is 1. The van der Waals surface area contributed by atoms with Crippen molar-refractivity contribution in [3.8, 4) is 5.75 Å². The third kappa shape index (κ3) is 4.73. The van der Waals surface area contributed by atoms with Crippen molar-refractivity contribution in [3.05, 3.63) is 63.0 Å². The quantitative estimate of drug-likeness (QED) is 0.594. The minimum Gasteiger partial charge on any atom is -0.497 e. The topological polar surface area (TPSA) is 38.8 Å². The van der Waals surface area contributed by atoms with Crippen molar-refractivity contribution in [1.82, 2.24) is 4.90 Å². The number of ether oxygens (including phenoxy) is 2. The predicted octanol–water partition coefficient (Wildman–Crippen LogP) is 4.26. The Hall–Kier alpha value is -1.67. The minimum absolute atomic E-state index is 0.0239. The van der Waals surface area contributed by atoms with E-state index >= 15 is 0 Å². The molecule has 2 aromatic carbocycles. The summed E-state index contributed by atoms with van der Waals surface area (Å²) in [5, 5.41) is 0. The molecule has 0 saturated carbocycles. The fraction of sp³-hybridized carbons (Fsp3) is 0.350. The van der Waals surface area contributed by atoms with E-state index in [1.165, 1.54) is 12.1 Å². The lowest BCUT2D eigenvalue weighted by Gasteiger charge is -2.26. The van der Waals surface area contributed by atoms with Gasteiger partial charge in [-0.2, -0.15) is 0 Å². The molecule has 1 unspecified atom stereocenters. The molecular weight excluding hydrogens is 448 g/mol. The number of carbonyl (C=O) groups excluding carboxylic acids is 1. The number of hydrogen-bond acceptors (Lipinski definition) is 3. The van der Waals surface area contributed by atoms with Crippen LogP contribution in [0.15, 0.2) is 42.5 Å². The lowest BCUT2D eigenvalue weighted by atomic mass is 10.1. The van der Waals surface area contributed by atoms with Gasteiger partial charge in [0.15, 0.2) is 0 Å². The summed E-state index contributed by atoms with van der Waals surface area (Å²) in [5.41, 5.74) is 1.34. The maximum absolute atomic E-state index is 13.7. The molecular formula is C20H21FINO3. The zero-order valence-electron chi connectivity index (χ0n) is 14.6. The van der Waals surface area contributed by atoms with Crippen LogP contribution in [-0.2, 0) is 11.3 Å². The Morgan fingerprint density at radius 1 is 1.35 bits per heavy atom. The van der Waals surface area contributed by atoms with Gasteiger partial charge in [-0.3, -0.25) is 4.79 Å². The monoisotopic (exact) mass is 469 g/mol. The van der Waals surface area contributed by atoms with Crippen LogP contribution in [0.2, 0.25) is 0 Å². The van der Waals surface area contributed by atoms with E-state index in [1.54, 1.807) is 18.1 Å². The van der Waals surface area contributed by atoms with E-state index in [2.05, 4.69) is 22.6 Å². The molecule has 0 aliphatic carbocycles. The Bertz CT molecular complexity index is 777. The first-order chi connectivity index (χ1) is 12.6. The number of halogens is 2. The molecule has 26 heavy (non-hydrogen) atoms. The van der Waals surface area contributed by atoms with Crippen LogP contribution >= 0.6 is 22.6 Å². The Labute approximate surface area is 166 Å². The highest BCUT2D eigenvalue weighted by atomic mass is 127. The first-order valence-corrected chi connectivity index (χ1v) is 9.63. The predicted molar refractivity (Wildman–Crippen MR) is 106 cm³/mol. The molecule has 138 valence electrons. The summed E-state index contributed by atoms with van der Waals surface area (Å²) in [7, 11) is 1.61. The van der Waals surface area contributed by atoms with E-state index < -0.39 is 5.82 Å². The molecule has 1 aliphatic rings. The van der Waals surface area contributed by atoms with Crippen molar-refractivity contribution in [2.45, 2.75) is 25.5 Å². The van der Waals surface area contributed by atoms with Gasteiger partial charge in [-0.15, -0.1) is 0 Å². The van der Waals surface area contributed by atoms with E-state index in [0.29, 0.717) is 18.7 Å². The molecule has 3 rings (SSSR count). The van der Waals surface area contributed by atoms with E-state index in [-0.39, 0.29) is 12.0 Å². The summed E-state index contributed by atoms with van der Waals surface area (Å²) in [6.45, 7) is 1.63. The molecule has 0 radical (unpaired) electrons. The molecule has 0 aromatic heterocycles. The highest BCUT2D eigenvalue weighted by Gasteiger charge is 2.25. The molecule has 1 fully saturated rings. The molecule has 1 saturated heterocycles. The van der Waals surface area contributed by atoms with Crippen LogP contribution in [0.1, 0.15) is 28.8 Å². The average molecular weight is 469 g/mol. The molecule has 1 aliphatic heterocycles. The number of hydrogen-bond donors (Lipinski definition) is 0. The fourth-order valence-electron chi connectivity index (χ4n) is 3.08. The molecule has 1 heterocycles. The maximum Gasteiger partial charge on any atom is 0.255 e. The summed E-state index contributed by atoms with van der Waals surface area (Å²) < 4.78 is 25.4. The molecule has 0 spiro atoms. The summed E-state index contributed by atoms with van der Waals surface area (Å²) in [6.07, 6.45) is 1.96. The fourth-order valence-corrected chi connectivity index (χ4v) is 3.64. The van der Waals surface area contributed by atoms with Crippen LogP contribution < -0.4 is 4.74 Å². The van der Waals surface area contributed by atoms with Gasteiger partial charge in [0, 0.05) is 23.3 Å². The van der Waals surface area contributed by atoms with Gasteiger partial charge in [0.05, 0.1) is 18.8 Å². The lowest BCUT2D eigenvalue weighted by molar-refractivity contribution is 0.0506. The molecule has 0 bridgehead atoms. The van der Waals surface area contributed by atoms with Crippen LogP contribution in [-0.4, -0.2) is 37.2 Å². The average Bonchev–Trinajstić information content (AvgIpc) is 3.16. The molecule has 2 aromatic rings. The number of benzene rings is 2. The molecule has 0 N–H and O–H groups in total. The smallest absolute Gasteiger partial charge is 0.255 e. The first kappa shape index (κ1) is 19.1. The maximum atomic E-state index is 13.7. The Morgan fingerprint density at radius 3 is 2.92 bits per heavy atom. The second kappa shape index (κ2) is 8.81. The third-order valence-corrected chi connectivity index (χ3v) is 5.34. The third-order valence-electron chi connectivity index (χ3n) is 4.40. The van der Waals surface area contributed by atoms with E-state index in [0.717, 1.165) is 34.3 Å². The van der Waals surface area contributed by atoms with Crippen molar-refractivity contribution in [3.63, 3.8) is 0 Å². The second-order valence-electron chi connectivity index (χ2n) is 6.30. The van der Waals surface area contributed by atoms with E-state index in [1.807, 2.05) is 24.3 Å². The van der Waals surface area contributed by atoms with Gasteiger partial charge in [-0.05, 0) is 71.3 Å². The Balaban J connectivity index is 1.86. The summed E-state index contributed by atoms with van der Waals surface area (Å²) >= 11 is 2.07. The van der Waals surface area contributed by atoms with Crippen molar-refractivity contribution in [2.75, 3.05) is 20.3 Å². The zero-order valence-corrected chi connectivity index (χ0v) is 16.7. The molecule has 4 nitrogen and oxygen atoms in total. The lowest BCUT2D eigenvalue weighted by Crippen LogP contribution is -2.37. The van der Waals surface area contributed by atoms with Crippen molar-refractivity contribution in [1.29, 1.82) is 0 Å². The van der Waals surface area contributed by atoms with Crippen LogP contribution in [0.3, 0.4) is 0 Å². The largest absolute Gasteiger partial charge is 0.497 e. The highest BCUT2D eigenvalue weighted by Crippen LogP contribution is 2.22. The molecule has 6 heteroatoms. The summed E-state index contributed by atoms with van der Waals surface area (Å²) in [6, 6.07) is 11.9. The van der Waals surface area contributed by atoms with Crippen molar-refractivity contribution < 1.29 is 18.7 Å². The van der Waals surface area contributed by atoms with Gasteiger partial charge in [0.25, 0.3) is 5.91 Å². The van der Waals surface area contributed by atoms with E-state index in [9.17, 15) is 9.18 Å². The van der Waals surface area contributed by atoms with Gasteiger partial charge in [-0.25, -0.2) is 4.39 Å². The minimum atomic E-state index is -0.410. The summed E-state index contributed by atoms with van der Waals surface area (Å²) in [4.78, 5) is 14.9. The summed E-state index contributed by atoms with van der Waals surface area (Å²) in [5.74, 6) is 0.145. The number of methoxy groups -OCH3 is 1. The van der Waals surface area contributed by atoms with E-state index in [4.69, 9.17) is 9.47 Å². The standard InChI is InChI=1S/C20H21FINO3/c1-25-16-5-2-4-14(10-16)12-23(13-17-6-3-9-26-17)20(24)18-11-15(21)7-8-19(18)22/h2,4-5,7-8,10-11,17H,3,6,9,12-13H2,1H3. The van der Waals surface area contributed by atoms with Crippen LogP contribution in [0, 0.1) is 9.39 Å². The van der Waals surface area contributed by atoms with Crippen LogP contribution in [0.4, 0.5) is 4.39 Å². The van der Waals surface area contributed by atoms with Gasteiger partial charge in [-0.1, -0.05) is 12.1 Å². The van der Waals surface area contributed by atoms with Gasteiger partial charge in [0.2, 0.25) is 0 Å². The number of rotatable bonds is 6. The van der Waals surface area contributed by atoms with Gasteiger partial charge in [0.1, 0.15) is 11.6 Å². The number of carbonyl (C=O) groups is 1. The Kier molecular flexibility index (Phi) is 6.48.